The Morgan fingerprint density at radius 2 is 1.39 bits per heavy atom. The van der Waals surface area contributed by atoms with Crippen molar-refractivity contribution in [3.05, 3.63) is 126 Å². The molecule has 0 amide bonds. The summed E-state index contributed by atoms with van der Waals surface area (Å²) in [4.78, 5) is 0. The van der Waals surface area contributed by atoms with Crippen LogP contribution in [-0.4, -0.2) is 4.57 Å². The predicted octanol–water partition coefficient (Wildman–Crippen LogP) is 9.22. The van der Waals surface area contributed by atoms with Gasteiger partial charge in [-0.1, -0.05) is 97.1 Å². The second kappa shape index (κ2) is 8.53. The Hall–Kier alpha value is -4.10. The number of allylic oxidation sites excluding steroid dienone is 5. The topological polar surface area (TPSA) is 4.93 Å². The third-order valence-corrected chi connectivity index (χ3v) is 8.04. The maximum Gasteiger partial charge on any atom is 0.0497 e. The van der Waals surface area contributed by atoms with Crippen molar-refractivity contribution in [1.82, 2.24) is 4.57 Å². The molecule has 0 N–H and O–H groups in total. The van der Waals surface area contributed by atoms with Crippen LogP contribution < -0.4 is 0 Å². The number of nitrogens with zero attached hydrogens (tertiary/aromatic N) is 1. The molecular formula is C35H29N. The van der Waals surface area contributed by atoms with E-state index in [4.69, 9.17) is 0 Å². The van der Waals surface area contributed by atoms with Crippen molar-refractivity contribution < 1.29 is 0 Å². The van der Waals surface area contributed by atoms with Crippen molar-refractivity contribution in [1.29, 1.82) is 0 Å². The van der Waals surface area contributed by atoms with Crippen LogP contribution in [0.5, 0.6) is 0 Å². The summed E-state index contributed by atoms with van der Waals surface area (Å²) in [6.45, 7) is 0. The van der Waals surface area contributed by atoms with Gasteiger partial charge in [-0.2, -0.15) is 0 Å². The van der Waals surface area contributed by atoms with Crippen LogP contribution in [-0.2, 0) is 13.5 Å². The Balaban J connectivity index is 1.36. The average molecular weight is 464 g/mol. The zero-order chi connectivity index (χ0) is 24.1. The van der Waals surface area contributed by atoms with E-state index < -0.39 is 0 Å². The highest BCUT2D eigenvalue weighted by molar-refractivity contribution is 6.14. The predicted molar refractivity (Wildman–Crippen MR) is 155 cm³/mol. The Morgan fingerprint density at radius 3 is 2.17 bits per heavy atom. The third-order valence-electron chi connectivity index (χ3n) is 8.04. The third kappa shape index (κ3) is 3.38. The molecule has 7 rings (SSSR count). The molecular weight excluding hydrogens is 434 g/mol. The van der Waals surface area contributed by atoms with E-state index in [1.807, 2.05) is 0 Å². The molecule has 5 aromatic rings. The van der Waals surface area contributed by atoms with E-state index in [9.17, 15) is 0 Å². The van der Waals surface area contributed by atoms with Gasteiger partial charge < -0.3 is 4.57 Å². The summed E-state index contributed by atoms with van der Waals surface area (Å²) < 4.78 is 2.43. The molecule has 0 aliphatic heterocycles. The average Bonchev–Trinajstić information content (AvgIpc) is 3.25. The number of aryl methyl sites for hydroxylation is 2. The van der Waals surface area contributed by atoms with Crippen LogP contribution >= 0.6 is 0 Å². The highest BCUT2D eigenvalue weighted by Crippen LogP contribution is 2.42. The lowest BCUT2D eigenvalue weighted by Crippen LogP contribution is -2.01. The van der Waals surface area contributed by atoms with Gasteiger partial charge >= 0.3 is 0 Å². The second-order valence-corrected chi connectivity index (χ2v) is 10.1. The highest BCUT2D eigenvalue weighted by atomic mass is 14.9. The molecule has 0 spiro atoms. The number of aromatic nitrogens is 1. The van der Waals surface area contributed by atoms with Gasteiger partial charge in [0.1, 0.15) is 0 Å². The molecule has 2 aliphatic rings. The lowest BCUT2D eigenvalue weighted by molar-refractivity contribution is 0.914. The summed E-state index contributed by atoms with van der Waals surface area (Å²) in [5.74, 6) is 0. The monoisotopic (exact) mass is 463 g/mol. The molecule has 0 atom stereocenters. The summed E-state index contributed by atoms with van der Waals surface area (Å²) in [6, 6.07) is 31.2. The van der Waals surface area contributed by atoms with E-state index in [0.29, 0.717) is 0 Å². The van der Waals surface area contributed by atoms with Crippen LogP contribution in [0.25, 0.3) is 50.0 Å². The minimum Gasteiger partial charge on any atom is -0.344 e. The molecule has 0 saturated carbocycles. The Morgan fingerprint density at radius 1 is 0.667 bits per heavy atom. The molecule has 2 aliphatic carbocycles. The minimum absolute atomic E-state index is 1.07. The molecule has 0 fully saturated rings. The van der Waals surface area contributed by atoms with Crippen molar-refractivity contribution in [3.63, 3.8) is 0 Å². The van der Waals surface area contributed by atoms with Gasteiger partial charge in [0, 0.05) is 23.6 Å². The number of rotatable bonds is 3. The van der Waals surface area contributed by atoms with Crippen molar-refractivity contribution in [2.45, 2.75) is 25.7 Å². The van der Waals surface area contributed by atoms with Crippen LogP contribution in [0.4, 0.5) is 0 Å². The van der Waals surface area contributed by atoms with Crippen LogP contribution in [0.3, 0.4) is 0 Å². The van der Waals surface area contributed by atoms with Crippen molar-refractivity contribution >= 4 is 38.9 Å². The molecule has 1 aromatic heterocycles. The maximum atomic E-state index is 2.45. The normalized spacial score (nSPS) is 15.1. The Kier molecular flexibility index (Phi) is 5.03. The summed E-state index contributed by atoms with van der Waals surface area (Å²) in [5.41, 5.74) is 12.3. The van der Waals surface area contributed by atoms with E-state index in [-0.39, 0.29) is 0 Å². The smallest absolute Gasteiger partial charge is 0.0497 e. The van der Waals surface area contributed by atoms with Crippen LogP contribution in [0.2, 0.25) is 0 Å². The number of hydrogen-bond acceptors (Lipinski definition) is 0. The Labute approximate surface area is 212 Å². The SMILES string of the molecule is Cn1c2c(c3c4ccccc4c(C4=CC=CCC4)cc31)CCC(c1ccc(-c3ccccc3)cc1)=C2. The first kappa shape index (κ1) is 21.2. The molecule has 1 nitrogen and oxygen atoms in total. The molecule has 0 radical (unpaired) electrons. The second-order valence-electron chi connectivity index (χ2n) is 10.1. The summed E-state index contributed by atoms with van der Waals surface area (Å²) >= 11 is 0. The van der Waals surface area contributed by atoms with E-state index in [0.717, 1.165) is 25.7 Å². The van der Waals surface area contributed by atoms with Gasteiger partial charge in [0.2, 0.25) is 0 Å². The maximum absolute atomic E-state index is 2.45. The lowest BCUT2D eigenvalue weighted by Gasteiger charge is -2.16. The zero-order valence-corrected chi connectivity index (χ0v) is 20.7. The van der Waals surface area contributed by atoms with E-state index >= 15 is 0 Å². The Bertz CT molecular complexity index is 1710. The van der Waals surface area contributed by atoms with Crippen molar-refractivity contribution in [3.8, 4) is 11.1 Å². The number of fused-ring (bicyclic) bond motifs is 5. The minimum atomic E-state index is 1.07. The van der Waals surface area contributed by atoms with Crippen molar-refractivity contribution in [2.24, 2.45) is 7.05 Å². The fourth-order valence-corrected chi connectivity index (χ4v) is 6.16. The molecule has 0 bridgehead atoms. The fraction of sp³-hybridized carbons (Fsp3) is 0.143. The van der Waals surface area contributed by atoms with Gasteiger partial charge in [-0.25, -0.2) is 0 Å². The van der Waals surface area contributed by atoms with E-state index in [2.05, 4.69) is 121 Å². The lowest BCUT2D eigenvalue weighted by atomic mass is 9.87. The molecule has 174 valence electrons. The van der Waals surface area contributed by atoms with Gasteiger partial charge in [0.05, 0.1) is 0 Å². The van der Waals surface area contributed by atoms with Gasteiger partial charge in [-0.3, -0.25) is 0 Å². The first-order chi connectivity index (χ1) is 17.8. The van der Waals surface area contributed by atoms with Crippen LogP contribution in [0.1, 0.15) is 41.6 Å². The summed E-state index contributed by atoms with van der Waals surface area (Å²) in [6.07, 6.45) is 13.6. The molecule has 1 heterocycles. The van der Waals surface area contributed by atoms with Gasteiger partial charge in [-0.05, 0) is 87.6 Å². The molecule has 36 heavy (non-hydrogen) atoms. The van der Waals surface area contributed by atoms with Gasteiger partial charge in [0.25, 0.3) is 0 Å². The van der Waals surface area contributed by atoms with E-state index in [1.165, 1.54) is 66.3 Å². The van der Waals surface area contributed by atoms with Crippen LogP contribution in [0, 0.1) is 0 Å². The van der Waals surface area contributed by atoms with Gasteiger partial charge in [-0.15, -0.1) is 0 Å². The highest BCUT2D eigenvalue weighted by Gasteiger charge is 2.23. The van der Waals surface area contributed by atoms with Gasteiger partial charge in [0.15, 0.2) is 0 Å². The van der Waals surface area contributed by atoms with E-state index in [1.54, 1.807) is 0 Å². The molecule has 0 unspecified atom stereocenters. The standard InChI is InChI=1S/C35H29N/c1-36-33-22-28(26-18-16-25(17-19-26)24-10-4-2-5-11-24)20-21-31(33)35-30-15-9-8-14-29(30)32(23-34(35)36)27-12-6-3-7-13-27/h2-6,8-12,14-19,22-23H,7,13,20-21H2,1H3. The van der Waals surface area contributed by atoms with Crippen molar-refractivity contribution in [2.75, 3.05) is 0 Å². The molecule has 1 heteroatoms. The molecule has 4 aromatic carbocycles. The summed E-state index contributed by atoms with van der Waals surface area (Å²) in [7, 11) is 2.24. The van der Waals surface area contributed by atoms with Crippen LogP contribution in [0.15, 0.2) is 103 Å². The first-order valence-corrected chi connectivity index (χ1v) is 13.0. The quantitative estimate of drug-likeness (QED) is 0.251. The fourth-order valence-electron chi connectivity index (χ4n) is 6.16. The number of benzene rings is 4. The number of hydrogen-bond donors (Lipinski definition) is 0. The zero-order valence-electron chi connectivity index (χ0n) is 20.7. The largest absolute Gasteiger partial charge is 0.344 e. The first-order valence-electron chi connectivity index (χ1n) is 13.0. The summed E-state index contributed by atoms with van der Waals surface area (Å²) in [5, 5.41) is 4.21. The molecule has 0 saturated heterocycles.